The predicted octanol–water partition coefficient (Wildman–Crippen LogP) is 1.88. The normalized spacial score (nSPS) is 11.7. The van der Waals surface area contributed by atoms with Gasteiger partial charge in [-0.05, 0) is 41.4 Å². The average molecular weight is 355 g/mol. The van der Waals surface area contributed by atoms with Crippen molar-refractivity contribution in [3.05, 3.63) is 22.4 Å². The van der Waals surface area contributed by atoms with Crippen LogP contribution in [0.15, 0.2) is 21.5 Å². The van der Waals surface area contributed by atoms with E-state index >= 15 is 0 Å². The van der Waals surface area contributed by atoms with Crippen molar-refractivity contribution in [3.8, 4) is 0 Å². The van der Waals surface area contributed by atoms with E-state index in [-0.39, 0.29) is 16.7 Å². The maximum atomic E-state index is 13.8. The lowest BCUT2D eigenvalue weighted by Crippen LogP contribution is -2.26. The Labute approximate surface area is 120 Å². The number of nitrogen functional groups attached to an aromatic ring is 1. The first kappa shape index (κ1) is 16.4. The Hall–Kier alpha value is -0.700. The quantitative estimate of drug-likeness (QED) is 0.578. The highest BCUT2D eigenvalue weighted by Crippen LogP contribution is 2.25. The molecule has 0 aliphatic carbocycles. The van der Waals surface area contributed by atoms with E-state index in [2.05, 4.69) is 20.7 Å². The first-order valence-corrected chi connectivity index (χ1v) is 7.98. The van der Waals surface area contributed by atoms with Crippen molar-refractivity contribution in [2.75, 3.05) is 25.5 Å². The van der Waals surface area contributed by atoms with Crippen LogP contribution in [-0.4, -0.2) is 28.2 Å². The Balaban J connectivity index is 2.78. The summed E-state index contributed by atoms with van der Waals surface area (Å²) in [5.74, 6) is -0.855. The van der Waals surface area contributed by atoms with Crippen molar-refractivity contribution in [2.45, 2.75) is 18.2 Å². The maximum absolute atomic E-state index is 13.8. The summed E-state index contributed by atoms with van der Waals surface area (Å²) in [5, 5.41) is 0. The molecule has 108 valence electrons. The number of nitrogens with one attached hydrogen (secondary N) is 1. The predicted molar refractivity (Wildman–Crippen MR) is 74.8 cm³/mol. The summed E-state index contributed by atoms with van der Waals surface area (Å²) >= 11 is 2.92. The zero-order chi connectivity index (χ0) is 14.5. The Morgan fingerprint density at radius 1 is 1.47 bits per heavy atom. The van der Waals surface area contributed by atoms with E-state index in [1.54, 1.807) is 0 Å². The van der Waals surface area contributed by atoms with Gasteiger partial charge in [0.05, 0.1) is 4.47 Å². The minimum Gasteiger partial charge on any atom is -0.399 e. The van der Waals surface area contributed by atoms with Gasteiger partial charge in [0.15, 0.2) is 5.82 Å². The second-order valence-corrected chi connectivity index (χ2v) is 6.35. The molecule has 3 N–H and O–H groups in total. The van der Waals surface area contributed by atoms with Gasteiger partial charge in [-0.2, -0.15) is 0 Å². The molecule has 0 aliphatic rings. The molecule has 0 aliphatic heterocycles. The molecule has 0 atom stereocenters. The van der Waals surface area contributed by atoms with E-state index in [4.69, 9.17) is 10.5 Å². The zero-order valence-electron chi connectivity index (χ0n) is 10.4. The van der Waals surface area contributed by atoms with Crippen molar-refractivity contribution in [3.63, 3.8) is 0 Å². The van der Waals surface area contributed by atoms with Crippen LogP contribution >= 0.6 is 15.9 Å². The van der Waals surface area contributed by atoms with Gasteiger partial charge >= 0.3 is 0 Å². The highest BCUT2D eigenvalue weighted by atomic mass is 79.9. The fraction of sp³-hybridized carbons (Fsp3) is 0.455. The Morgan fingerprint density at radius 3 is 2.79 bits per heavy atom. The van der Waals surface area contributed by atoms with Crippen molar-refractivity contribution >= 4 is 31.6 Å². The number of ether oxygens (including phenoxy) is 1. The minimum absolute atomic E-state index is 0.0159. The molecule has 8 heteroatoms. The number of hydrogen-bond donors (Lipinski definition) is 2. The van der Waals surface area contributed by atoms with E-state index in [0.717, 1.165) is 6.07 Å². The van der Waals surface area contributed by atoms with Crippen LogP contribution in [-0.2, 0) is 14.8 Å². The average Bonchev–Trinajstić information content (AvgIpc) is 2.33. The highest BCUT2D eigenvalue weighted by molar-refractivity contribution is 9.10. The molecule has 19 heavy (non-hydrogen) atoms. The Kier molecular flexibility index (Phi) is 6.18. The van der Waals surface area contributed by atoms with Gasteiger partial charge in [-0.15, -0.1) is 0 Å². The standard InChI is InChI=1S/C11H16BrFN2O3S/c1-2-18-5-3-4-15-19(16,17)10-7-8(14)6-9(12)11(10)13/h6-7,15H,2-5,14H2,1H3. The summed E-state index contributed by atoms with van der Waals surface area (Å²) in [5.41, 5.74) is 5.68. The van der Waals surface area contributed by atoms with Gasteiger partial charge < -0.3 is 10.5 Å². The van der Waals surface area contributed by atoms with E-state index in [9.17, 15) is 12.8 Å². The van der Waals surface area contributed by atoms with E-state index < -0.39 is 20.7 Å². The molecule has 0 unspecified atom stereocenters. The number of sulfonamides is 1. The van der Waals surface area contributed by atoms with Gasteiger partial charge in [0, 0.05) is 25.4 Å². The molecule has 1 rings (SSSR count). The van der Waals surface area contributed by atoms with Crippen LogP contribution in [0.2, 0.25) is 0 Å². The number of anilines is 1. The molecule has 0 saturated heterocycles. The molecule has 0 spiro atoms. The maximum Gasteiger partial charge on any atom is 0.243 e. The lowest BCUT2D eigenvalue weighted by molar-refractivity contribution is 0.146. The van der Waals surface area contributed by atoms with Gasteiger partial charge in [-0.25, -0.2) is 17.5 Å². The summed E-state index contributed by atoms with van der Waals surface area (Å²) < 4.78 is 45.0. The molecule has 0 amide bonds. The molecule has 1 aromatic rings. The molecule has 0 fully saturated rings. The fourth-order valence-electron chi connectivity index (χ4n) is 1.38. The van der Waals surface area contributed by atoms with Crippen LogP contribution in [0.3, 0.4) is 0 Å². The van der Waals surface area contributed by atoms with Crippen molar-refractivity contribution in [1.82, 2.24) is 4.72 Å². The third-order valence-electron chi connectivity index (χ3n) is 2.27. The van der Waals surface area contributed by atoms with Gasteiger partial charge in [0.2, 0.25) is 10.0 Å². The van der Waals surface area contributed by atoms with Gasteiger partial charge in [0.1, 0.15) is 4.90 Å². The topological polar surface area (TPSA) is 81.4 Å². The first-order valence-electron chi connectivity index (χ1n) is 5.70. The van der Waals surface area contributed by atoms with Gasteiger partial charge in [0.25, 0.3) is 0 Å². The molecular weight excluding hydrogens is 339 g/mol. The van der Waals surface area contributed by atoms with Crippen molar-refractivity contribution < 1.29 is 17.5 Å². The Morgan fingerprint density at radius 2 is 2.16 bits per heavy atom. The molecule has 0 radical (unpaired) electrons. The lowest BCUT2D eigenvalue weighted by atomic mass is 10.3. The zero-order valence-corrected chi connectivity index (χ0v) is 12.9. The molecule has 0 heterocycles. The van der Waals surface area contributed by atoms with E-state index in [1.807, 2.05) is 6.92 Å². The number of hydrogen-bond acceptors (Lipinski definition) is 4. The van der Waals surface area contributed by atoms with Crippen LogP contribution in [0, 0.1) is 5.82 Å². The lowest BCUT2D eigenvalue weighted by Gasteiger charge is -2.09. The monoisotopic (exact) mass is 354 g/mol. The minimum atomic E-state index is -3.91. The third-order valence-corrected chi connectivity index (χ3v) is 4.31. The Bertz CT molecular complexity index is 537. The van der Waals surface area contributed by atoms with Crippen LogP contribution < -0.4 is 10.5 Å². The number of halogens is 2. The highest BCUT2D eigenvalue weighted by Gasteiger charge is 2.21. The second kappa shape index (κ2) is 7.18. The number of nitrogens with two attached hydrogens (primary N) is 1. The van der Waals surface area contributed by atoms with Crippen LogP contribution in [0.1, 0.15) is 13.3 Å². The summed E-state index contributed by atoms with van der Waals surface area (Å²) in [6.45, 7) is 3.05. The van der Waals surface area contributed by atoms with Crippen LogP contribution in [0.4, 0.5) is 10.1 Å². The summed E-state index contributed by atoms with van der Waals surface area (Å²) in [7, 11) is -3.91. The third kappa shape index (κ3) is 4.72. The summed E-state index contributed by atoms with van der Waals surface area (Å²) in [6, 6.07) is 2.40. The van der Waals surface area contributed by atoms with Crippen LogP contribution in [0.25, 0.3) is 0 Å². The summed E-state index contributed by atoms with van der Waals surface area (Å²) in [6.07, 6.45) is 0.512. The number of rotatable bonds is 7. The molecule has 0 saturated carbocycles. The van der Waals surface area contributed by atoms with Crippen molar-refractivity contribution in [1.29, 1.82) is 0 Å². The molecular formula is C11H16BrFN2O3S. The van der Waals surface area contributed by atoms with Crippen LogP contribution in [0.5, 0.6) is 0 Å². The molecule has 0 aromatic heterocycles. The van der Waals surface area contributed by atoms with E-state index in [1.165, 1.54) is 6.07 Å². The SMILES string of the molecule is CCOCCCNS(=O)(=O)c1cc(N)cc(Br)c1F. The first-order chi connectivity index (χ1) is 8.88. The van der Waals surface area contributed by atoms with Gasteiger partial charge in [-0.1, -0.05) is 0 Å². The van der Waals surface area contributed by atoms with Crippen molar-refractivity contribution in [2.24, 2.45) is 0 Å². The number of benzene rings is 1. The molecule has 1 aromatic carbocycles. The van der Waals surface area contributed by atoms with Gasteiger partial charge in [-0.3, -0.25) is 0 Å². The summed E-state index contributed by atoms with van der Waals surface area (Å²) in [4.78, 5) is -0.462. The second-order valence-electron chi connectivity index (χ2n) is 3.76. The van der Waals surface area contributed by atoms with E-state index in [0.29, 0.717) is 19.6 Å². The molecule has 0 bridgehead atoms. The fourth-order valence-corrected chi connectivity index (χ4v) is 3.20. The molecule has 5 nitrogen and oxygen atoms in total. The smallest absolute Gasteiger partial charge is 0.243 e. The largest absolute Gasteiger partial charge is 0.399 e.